The highest BCUT2D eigenvalue weighted by Crippen LogP contribution is 2.35. The minimum Gasteiger partial charge on any atom is -0.486 e. The van der Waals surface area contributed by atoms with Crippen molar-refractivity contribution in [2.24, 2.45) is 0 Å². The van der Waals surface area contributed by atoms with Crippen LogP contribution < -0.4 is 19.1 Å². The molecule has 1 N–H and O–H groups in total. The lowest BCUT2D eigenvalue weighted by Crippen LogP contribution is -2.53. The molecule has 9 nitrogen and oxygen atoms in total. The average molecular weight is 578 g/mol. The number of carbonyl (C=O) groups excluding carboxylic acids is 2. The van der Waals surface area contributed by atoms with E-state index in [0.717, 1.165) is 30.0 Å². The fraction of sp³-hybridized carbons (Fsp3) is 0.500. The predicted molar refractivity (Wildman–Crippen MR) is 151 cm³/mol. The van der Waals surface area contributed by atoms with Crippen LogP contribution in [-0.4, -0.2) is 62.7 Å². The number of fused-ring (bicyclic) bond motifs is 1. The van der Waals surface area contributed by atoms with Gasteiger partial charge in [-0.15, -0.1) is 0 Å². The van der Waals surface area contributed by atoms with E-state index in [-0.39, 0.29) is 29.9 Å². The molecule has 0 bridgehead atoms. The topological polar surface area (TPSA) is 105 Å². The first-order valence-electron chi connectivity index (χ1n) is 13.5. The highest BCUT2D eigenvalue weighted by Gasteiger charge is 2.34. The molecule has 1 aliphatic heterocycles. The second kappa shape index (κ2) is 12.9. The van der Waals surface area contributed by atoms with E-state index in [2.05, 4.69) is 5.32 Å². The lowest BCUT2D eigenvalue weighted by atomic mass is 10.1. The van der Waals surface area contributed by atoms with E-state index in [1.807, 2.05) is 13.0 Å². The second-order valence-corrected chi connectivity index (χ2v) is 12.4. The summed E-state index contributed by atoms with van der Waals surface area (Å²) < 4.78 is 38.7. The molecule has 1 heterocycles. The Balaban J connectivity index is 1.66. The van der Waals surface area contributed by atoms with Gasteiger partial charge in [-0.25, -0.2) is 8.42 Å². The Morgan fingerprint density at radius 1 is 1.05 bits per heavy atom. The number of amides is 2. The number of sulfonamides is 1. The van der Waals surface area contributed by atoms with E-state index in [1.54, 1.807) is 36.4 Å². The molecule has 39 heavy (non-hydrogen) atoms. The lowest BCUT2D eigenvalue weighted by molar-refractivity contribution is -0.140. The van der Waals surface area contributed by atoms with Gasteiger partial charge in [-0.1, -0.05) is 49.6 Å². The van der Waals surface area contributed by atoms with Crippen molar-refractivity contribution in [1.29, 1.82) is 0 Å². The molecule has 0 spiro atoms. The number of hydrogen-bond acceptors (Lipinski definition) is 6. The lowest BCUT2D eigenvalue weighted by Gasteiger charge is -2.34. The van der Waals surface area contributed by atoms with Crippen LogP contribution in [0, 0.1) is 0 Å². The number of ether oxygens (including phenoxy) is 2. The molecule has 1 fully saturated rings. The maximum absolute atomic E-state index is 14.0. The first-order valence-corrected chi connectivity index (χ1v) is 15.5. The minimum absolute atomic E-state index is 0.0657. The van der Waals surface area contributed by atoms with Gasteiger partial charge in [0.25, 0.3) is 0 Å². The first-order chi connectivity index (χ1) is 18.7. The van der Waals surface area contributed by atoms with E-state index in [1.165, 1.54) is 11.8 Å². The van der Waals surface area contributed by atoms with Crippen LogP contribution in [0.2, 0.25) is 5.02 Å². The molecule has 0 saturated heterocycles. The summed E-state index contributed by atoms with van der Waals surface area (Å²) in [5, 5.41) is 3.56. The third-order valence-electron chi connectivity index (χ3n) is 7.18. The van der Waals surface area contributed by atoms with Crippen LogP contribution in [0.25, 0.3) is 0 Å². The van der Waals surface area contributed by atoms with Gasteiger partial charge in [-0.3, -0.25) is 13.9 Å². The van der Waals surface area contributed by atoms with Crippen LogP contribution in [0.1, 0.15) is 51.5 Å². The maximum Gasteiger partial charge on any atom is 0.244 e. The number of nitrogens with one attached hydrogen (secondary N) is 1. The van der Waals surface area contributed by atoms with E-state index >= 15 is 0 Å². The molecule has 212 valence electrons. The molecule has 4 rings (SSSR count). The number of benzene rings is 2. The number of nitrogens with zero attached hydrogens (tertiary/aromatic N) is 2. The van der Waals surface area contributed by atoms with Gasteiger partial charge in [0, 0.05) is 23.7 Å². The molecule has 2 aromatic carbocycles. The number of anilines is 1. The SMILES string of the molecule is CCC(C(=O)NC1CCCC1)N(Cc1ccccc1Cl)C(=O)CN(c1ccc2c(c1)OCCO2)S(=O)(=O)CC. The molecular weight excluding hydrogens is 542 g/mol. The Morgan fingerprint density at radius 2 is 1.74 bits per heavy atom. The largest absolute Gasteiger partial charge is 0.486 e. The fourth-order valence-electron chi connectivity index (χ4n) is 5.00. The first kappa shape index (κ1) is 29.0. The van der Waals surface area contributed by atoms with Crippen LogP contribution in [0.15, 0.2) is 42.5 Å². The Kier molecular flexibility index (Phi) is 9.61. The van der Waals surface area contributed by atoms with E-state index < -0.39 is 28.5 Å². The van der Waals surface area contributed by atoms with Crippen molar-refractivity contribution in [3.8, 4) is 11.5 Å². The minimum atomic E-state index is -3.86. The Morgan fingerprint density at radius 3 is 2.41 bits per heavy atom. The van der Waals surface area contributed by atoms with Crippen LogP contribution >= 0.6 is 11.6 Å². The standard InChI is InChI=1S/C28H36ClN3O6S/c1-3-24(28(34)30-21-10-6-7-11-21)31(18-20-9-5-8-12-23(20)29)27(33)19-32(39(35,36)4-2)22-13-14-25-26(17-22)38-16-15-37-25/h5,8-9,12-14,17,21,24H,3-4,6-7,10-11,15-16,18-19H2,1-2H3,(H,30,34). The monoisotopic (exact) mass is 577 g/mol. The van der Waals surface area contributed by atoms with E-state index in [4.69, 9.17) is 21.1 Å². The summed E-state index contributed by atoms with van der Waals surface area (Å²) in [5.41, 5.74) is 0.958. The van der Waals surface area contributed by atoms with E-state index in [9.17, 15) is 18.0 Å². The quantitative estimate of drug-likeness (QED) is 0.430. The molecule has 1 aliphatic carbocycles. The highest BCUT2D eigenvalue weighted by molar-refractivity contribution is 7.92. The molecule has 2 aliphatic rings. The van der Waals surface area contributed by atoms with Gasteiger partial charge < -0.3 is 19.7 Å². The van der Waals surface area contributed by atoms with Gasteiger partial charge in [0.2, 0.25) is 21.8 Å². The number of rotatable bonds is 11. The van der Waals surface area contributed by atoms with Crippen molar-refractivity contribution in [2.45, 2.75) is 64.6 Å². The molecule has 2 amide bonds. The van der Waals surface area contributed by atoms with Crippen molar-refractivity contribution >= 4 is 39.1 Å². The summed E-state index contributed by atoms with van der Waals surface area (Å²) in [6.07, 6.45) is 4.30. The molecule has 0 radical (unpaired) electrons. The summed E-state index contributed by atoms with van der Waals surface area (Å²) in [6.45, 7) is 3.70. The number of carbonyl (C=O) groups is 2. The Labute approximate surface area is 235 Å². The highest BCUT2D eigenvalue weighted by atomic mass is 35.5. The summed E-state index contributed by atoms with van der Waals surface area (Å²) in [6, 6.07) is 11.2. The van der Waals surface area contributed by atoms with Crippen LogP contribution in [0.3, 0.4) is 0 Å². The fourth-order valence-corrected chi connectivity index (χ4v) is 6.25. The van der Waals surface area contributed by atoms with Gasteiger partial charge in [0.05, 0.1) is 11.4 Å². The van der Waals surface area contributed by atoms with Gasteiger partial charge >= 0.3 is 0 Å². The third kappa shape index (κ3) is 6.97. The Hall–Kier alpha value is -2.98. The number of hydrogen-bond donors (Lipinski definition) is 1. The summed E-state index contributed by atoms with van der Waals surface area (Å²) in [7, 11) is -3.86. The summed E-state index contributed by atoms with van der Waals surface area (Å²) >= 11 is 6.43. The molecular formula is C28H36ClN3O6S. The molecule has 11 heteroatoms. The average Bonchev–Trinajstić information content (AvgIpc) is 3.45. The zero-order valence-corrected chi connectivity index (χ0v) is 24.0. The zero-order valence-electron chi connectivity index (χ0n) is 22.4. The van der Waals surface area contributed by atoms with Gasteiger partial charge in [0.1, 0.15) is 25.8 Å². The Bertz CT molecular complexity index is 1280. The third-order valence-corrected chi connectivity index (χ3v) is 9.29. The van der Waals surface area contributed by atoms with Crippen molar-refractivity contribution in [3.63, 3.8) is 0 Å². The molecule has 0 aromatic heterocycles. The normalized spacial score (nSPS) is 16.0. The van der Waals surface area contributed by atoms with Crippen molar-refractivity contribution < 1.29 is 27.5 Å². The van der Waals surface area contributed by atoms with Crippen LogP contribution in [0.4, 0.5) is 5.69 Å². The predicted octanol–water partition coefficient (Wildman–Crippen LogP) is 4.13. The summed E-state index contributed by atoms with van der Waals surface area (Å²) in [5.74, 6) is -0.0271. The molecule has 2 aromatic rings. The van der Waals surface area contributed by atoms with Crippen molar-refractivity contribution in [3.05, 3.63) is 53.1 Å². The second-order valence-electron chi connectivity index (χ2n) is 9.76. The van der Waals surface area contributed by atoms with Crippen molar-refractivity contribution in [2.75, 3.05) is 29.8 Å². The zero-order chi connectivity index (χ0) is 28.0. The smallest absolute Gasteiger partial charge is 0.244 e. The van der Waals surface area contributed by atoms with Gasteiger partial charge in [0.15, 0.2) is 11.5 Å². The van der Waals surface area contributed by atoms with Crippen molar-refractivity contribution in [1.82, 2.24) is 10.2 Å². The van der Waals surface area contributed by atoms with Gasteiger partial charge in [-0.2, -0.15) is 0 Å². The number of halogens is 1. The molecule has 1 saturated carbocycles. The maximum atomic E-state index is 14.0. The van der Waals surface area contributed by atoms with Crippen LogP contribution in [0.5, 0.6) is 11.5 Å². The van der Waals surface area contributed by atoms with Crippen LogP contribution in [-0.2, 0) is 26.2 Å². The summed E-state index contributed by atoms with van der Waals surface area (Å²) in [4.78, 5) is 28.8. The molecule has 1 atom stereocenters. The van der Waals surface area contributed by atoms with E-state index in [0.29, 0.717) is 41.7 Å². The van der Waals surface area contributed by atoms with Gasteiger partial charge in [-0.05, 0) is 49.9 Å². The molecule has 1 unspecified atom stereocenters.